The molecule has 4 fully saturated rings. The maximum atomic E-state index is 5.04. The summed E-state index contributed by atoms with van der Waals surface area (Å²) in [5, 5.41) is 0. The van der Waals surface area contributed by atoms with Crippen molar-refractivity contribution in [2.24, 2.45) is 23.7 Å². The van der Waals surface area contributed by atoms with E-state index in [1.807, 2.05) is 36.4 Å². The Morgan fingerprint density at radius 2 is 0.878 bits per heavy atom. The number of benzene rings is 5. The SMILES string of the molecule is CC1(C)c2ccccc2C2(c3cc(-c4cccc(-c5nc(-c6ccccc6)nc(-c6ccccc6)n5)c4)ccc31)C1CC3CC(C1)CC2C3. The van der Waals surface area contributed by atoms with Gasteiger partial charge in [-0.25, -0.2) is 15.0 Å². The van der Waals surface area contributed by atoms with Gasteiger partial charge in [-0.05, 0) is 101 Å². The monoisotopic (exact) mass is 635 g/mol. The molecule has 5 aliphatic carbocycles. The fraction of sp³-hybridized carbons (Fsp3) is 0.283. The van der Waals surface area contributed by atoms with Gasteiger partial charge in [-0.15, -0.1) is 0 Å². The van der Waals surface area contributed by atoms with Crippen molar-refractivity contribution in [1.82, 2.24) is 15.0 Å². The molecule has 11 rings (SSSR count). The lowest BCUT2D eigenvalue weighted by atomic mass is 9.39. The highest BCUT2D eigenvalue weighted by atomic mass is 15.0. The van der Waals surface area contributed by atoms with Gasteiger partial charge in [0.25, 0.3) is 0 Å². The van der Waals surface area contributed by atoms with Gasteiger partial charge in [0.2, 0.25) is 0 Å². The van der Waals surface area contributed by atoms with Crippen molar-refractivity contribution >= 4 is 0 Å². The summed E-state index contributed by atoms with van der Waals surface area (Å²) >= 11 is 0. The van der Waals surface area contributed by atoms with Gasteiger partial charge in [0.05, 0.1) is 0 Å². The van der Waals surface area contributed by atoms with E-state index in [9.17, 15) is 0 Å². The third-order valence-electron chi connectivity index (χ3n) is 12.8. The van der Waals surface area contributed by atoms with Gasteiger partial charge in [-0.3, -0.25) is 0 Å². The molecule has 5 aromatic carbocycles. The Labute approximate surface area is 289 Å². The second-order valence-corrected chi connectivity index (χ2v) is 15.7. The number of hydrogen-bond acceptors (Lipinski definition) is 3. The molecule has 3 heteroatoms. The van der Waals surface area contributed by atoms with Crippen molar-refractivity contribution < 1.29 is 0 Å². The molecule has 240 valence electrons. The van der Waals surface area contributed by atoms with Crippen LogP contribution in [0.5, 0.6) is 0 Å². The van der Waals surface area contributed by atoms with Gasteiger partial charge in [-0.2, -0.15) is 0 Å². The van der Waals surface area contributed by atoms with Crippen molar-refractivity contribution in [3.63, 3.8) is 0 Å². The first kappa shape index (κ1) is 29.1. The van der Waals surface area contributed by atoms with Gasteiger partial charge in [0.1, 0.15) is 0 Å². The van der Waals surface area contributed by atoms with E-state index in [1.165, 1.54) is 48.8 Å². The molecule has 0 N–H and O–H groups in total. The predicted molar refractivity (Wildman–Crippen MR) is 198 cm³/mol. The minimum atomic E-state index is -0.0429. The average molecular weight is 636 g/mol. The van der Waals surface area contributed by atoms with Crippen LogP contribution in [0.15, 0.2) is 127 Å². The maximum Gasteiger partial charge on any atom is 0.164 e. The summed E-state index contributed by atoms with van der Waals surface area (Å²) in [4.78, 5) is 15.0. The minimum absolute atomic E-state index is 0.0429. The van der Waals surface area contributed by atoms with Crippen LogP contribution in [0.25, 0.3) is 45.3 Å². The second-order valence-electron chi connectivity index (χ2n) is 15.7. The van der Waals surface area contributed by atoms with Gasteiger partial charge < -0.3 is 0 Å². The Morgan fingerprint density at radius 3 is 1.49 bits per heavy atom. The number of rotatable bonds is 4. The van der Waals surface area contributed by atoms with E-state index in [-0.39, 0.29) is 10.8 Å². The third kappa shape index (κ3) is 4.37. The van der Waals surface area contributed by atoms with Crippen LogP contribution in [0.1, 0.15) is 68.2 Å². The van der Waals surface area contributed by atoms with Gasteiger partial charge in [0.15, 0.2) is 17.5 Å². The van der Waals surface area contributed by atoms with E-state index < -0.39 is 0 Å². The molecule has 0 aliphatic heterocycles. The van der Waals surface area contributed by atoms with E-state index in [2.05, 4.69) is 105 Å². The van der Waals surface area contributed by atoms with E-state index in [4.69, 9.17) is 15.0 Å². The van der Waals surface area contributed by atoms with Crippen LogP contribution in [-0.4, -0.2) is 15.0 Å². The van der Waals surface area contributed by atoms with Crippen LogP contribution in [-0.2, 0) is 10.8 Å². The second kappa shape index (κ2) is 10.8. The maximum absolute atomic E-state index is 5.04. The number of aromatic nitrogens is 3. The molecule has 0 radical (unpaired) electrons. The topological polar surface area (TPSA) is 38.7 Å². The summed E-state index contributed by atoms with van der Waals surface area (Å²) in [5.74, 6) is 5.35. The predicted octanol–water partition coefficient (Wildman–Crippen LogP) is 10.9. The number of nitrogens with zero attached hydrogens (tertiary/aromatic N) is 3. The van der Waals surface area contributed by atoms with Crippen molar-refractivity contribution in [2.45, 2.75) is 56.8 Å². The molecule has 4 saturated carbocycles. The molecule has 49 heavy (non-hydrogen) atoms. The summed E-state index contributed by atoms with van der Waals surface area (Å²) in [7, 11) is 0. The van der Waals surface area contributed by atoms with Crippen molar-refractivity contribution in [3.05, 3.63) is 150 Å². The van der Waals surface area contributed by atoms with Crippen molar-refractivity contribution in [3.8, 4) is 45.3 Å². The zero-order valence-electron chi connectivity index (χ0n) is 28.3. The fourth-order valence-corrected chi connectivity index (χ4v) is 10.9. The molecule has 1 spiro atoms. The lowest BCUT2D eigenvalue weighted by Gasteiger charge is -2.64. The first-order valence-corrected chi connectivity index (χ1v) is 18.2. The smallest absolute Gasteiger partial charge is 0.164 e. The third-order valence-corrected chi connectivity index (χ3v) is 12.8. The minimum Gasteiger partial charge on any atom is -0.208 e. The molecule has 4 bridgehead atoms. The molecule has 0 atom stereocenters. The summed E-state index contributed by atoms with van der Waals surface area (Å²) in [6.45, 7) is 4.90. The molecule has 0 unspecified atom stereocenters. The van der Waals surface area contributed by atoms with Crippen LogP contribution in [0.2, 0.25) is 0 Å². The quantitative estimate of drug-likeness (QED) is 0.193. The highest BCUT2D eigenvalue weighted by Crippen LogP contribution is 2.68. The Morgan fingerprint density at radius 1 is 0.408 bits per heavy atom. The van der Waals surface area contributed by atoms with Crippen LogP contribution in [0.3, 0.4) is 0 Å². The Balaban J connectivity index is 1.13. The van der Waals surface area contributed by atoms with Crippen LogP contribution in [0, 0.1) is 23.7 Å². The van der Waals surface area contributed by atoms with Gasteiger partial charge >= 0.3 is 0 Å². The summed E-state index contributed by atoms with van der Waals surface area (Å²) in [5.41, 5.74) is 11.8. The molecule has 6 aromatic rings. The highest BCUT2D eigenvalue weighted by Gasteiger charge is 2.62. The van der Waals surface area contributed by atoms with Crippen LogP contribution >= 0.6 is 0 Å². The average Bonchev–Trinajstić information content (AvgIpc) is 3.15. The van der Waals surface area contributed by atoms with Crippen LogP contribution < -0.4 is 0 Å². The molecule has 0 saturated heterocycles. The zero-order valence-corrected chi connectivity index (χ0v) is 28.3. The summed E-state index contributed by atoms with van der Waals surface area (Å²) in [6, 6.07) is 46.3. The zero-order chi connectivity index (χ0) is 32.7. The summed E-state index contributed by atoms with van der Waals surface area (Å²) in [6.07, 6.45) is 6.99. The fourth-order valence-electron chi connectivity index (χ4n) is 10.9. The van der Waals surface area contributed by atoms with Gasteiger partial charge in [-0.1, -0.05) is 129 Å². The first-order chi connectivity index (χ1) is 24.0. The molecule has 5 aliphatic rings. The van der Waals surface area contributed by atoms with E-state index in [1.54, 1.807) is 16.7 Å². The number of hydrogen-bond donors (Lipinski definition) is 0. The molecular weight excluding hydrogens is 595 g/mol. The Hall–Kier alpha value is -4.89. The van der Waals surface area contributed by atoms with Crippen LogP contribution in [0.4, 0.5) is 0 Å². The lowest BCUT2D eigenvalue weighted by Crippen LogP contribution is -2.58. The van der Waals surface area contributed by atoms with Gasteiger partial charge in [0, 0.05) is 27.5 Å². The standard InChI is InChI=1S/C46H41N3/c1-45(2)38-18-9-10-19-40(38)46(36-23-29-22-30(25-36)26-37(46)24-29)41-28-34(20-21-39(41)45)33-16-11-17-35(27-33)44-48-42(31-12-5-3-6-13-31)47-43(49-44)32-14-7-4-8-15-32/h3-21,27-30,36-37H,22-26H2,1-2H3. The Kier molecular flexibility index (Phi) is 6.41. The molecule has 1 aromatic heterocycles. The molecule has 0 amide bonds. The first-order valence-electron chi connectivity index (χ1n) is 18.2. The Bertz CT molecular complexity index is 2130. The molecule has 1 heterocycles. The van der Waals surface area contributed by atoms with Crippen molar-refractivity contribution in [1.29, 1.82) is 0 Å². The highest BCUT2D eigenvalue weighted by molar-refractivity contribution is 5.75. The number of fused-ring (bicyclic) bond motifs is 2. The lowest BCUT2D eigenvalue weighted by molar-refractivity contribution is -0.0443. The van der Waals surface area contributed by atoms with E-state index in [0.717, 1.165) is 40.4 Å². The normalized spacial score (nSPS) is 25.6. The van der Waals surface area contributed by atoms with Crippen molar-refractivity contribution in [2.75, 3.05) is 0 Å². The summed E-state index contributed by atoms with van der Waals surface area (Å²) < 4.78 is 0. The van der Waals surface area contributed by atoms with E-state index in [0.29, 0.717) is 17.5 Å². The largest absolute Gasteiger partial charge is 0.208 e. The van der Waals surface area contributed by atoms with E-state index >= 15 is 0 Å². The molecule has 3 nitrogen and oxygen atoms in total. The molecular formula is C46H41N3.